The van der Waals surface area contributed by atoms with E-state index in [4.69, 9.17) is 0 Å². The first-order valence-electron chi connectivity index (χ1n) is 5.56. The Kier molecular flexibility index (Phi) is 4.45. The topological polar surface area (TPSA) is 83.6 Å². The van der Waals surface area contributed by atoms with Gasteiger partial charge in [-0.05, 0) is 31.2 Å². The zero-order chi connectivity index (χ0) is 13.7. The number of benzene rings is 1. The van der Waals surface area contributed by atoms with Crippen LogP contribution in [0.1, 0.15) is 18.8 Å². The second-order valence-corrected chi connectivity index (χ2v) is 4.85. The summed E-state index contributed by atoms with van der Waals surface area (Å²) in [4.78, 5) is 12.5. The summed E-state index contributed by atoms with van der Waals surface area (Å²) in [6.07, 6.45) is 0. The number of thioether (sulfide) groups is 1. The summed E-state index contributed by atoms with van der Waals surface area (Å²) in [5.41, 5.74) is 0. The van der Waals surface area contributed by atoms with Gasteiger partial charge in [0, 0.05) is 4.90 Å². The van der Waals surface area contributed by atoms with E-state index in [0.29, 0.717) is 5.82 Å². The van der Waals surface area contributed by atoms with E-state index in [1.54, 1.807) is 19.1 Å². The van der Waals surface area contributed by atoms with Crippen molar-refractivity contribution < 1.29 is 9.18 Å². The molecule has 0 saturated heterocycles. The standard InChI is InChI=1S/C11H12FN5OS/c1-7(11-14-16-17-15-11)13-10(18)6-19-9-4-2-8(12)3-5-9/h2-5,7H,6H2,1H3,(H,13,18)(H,14,15,16,17). The van der Waals surface area contributed by atoms with E-state index >= 15 is 0 Å². The van der Waals surface area contributed by atoms with Crippen LogP contribution in [0, 0.1) is 5.82 Å². The molecular weight excluding hydrogens is 269 g/mol. The molecule has 1 amide bonds. The molecule has 1 aromatic carbocycles. The average Bonchev–Trinajstić information content (AvgIpc) is 2.92. The smallest absolute Gasteiger partial charge is 0.230 e. The number of nitrogens with one attached hydrogen (secondary N) is 2. The molecule has 1 heterocycles. The fourth-order valence-corrected chi connectivity index (χ4v) is 2.09. The number of carbonyl (C=O) groups is 1. The van der Waals surface area contributed by atoms with Crippen LogP contribution < -0.4 is 5.32 Å². The Bertz CT molecular complexity index is 531. The zero-order valence-corrected chi connectivity index (χ0v) is 10.9. The number of tetrazole rings is 1. The molecule has 0 bridgehead atoms. The average molecular weight is 281 g/mol. The molecule has 6 nitrogen and oxygen atoms in total. The first-order valence-corrected chi connectivity index (χ1v) is 6.55. The predicted octanol–water partition coefficient (Wildman–Crippen LogP) is 1.31. The van der Waals surface area contributed by atoms with Gasteiger partial charge in [-0.25, -0.2) is 4.39 Å². The van der Waals surface area contributed by atoms with Gasteiger partial charge in [0.25, 0.3) is 0 Å². The van der Waals surface area contributed by atoms with Gasteiger partial charge < -0.3 is 5.32 Å². The van der Waals surface area contributed by atoms with Crippen molar-refractivity contribution in [2.75, 3.05) is 5.75 Å². The molecule has 100 valence electrons. The van der Waals surface area contributed by atoms with Gasteiger partial charge in [0.05, 0.1) is 11.8 Å². The number of H-pyrrole nitrogens is 1. The summed E-state index contributed by atoms with van der Waals surface area (Å²) in [5.74, 6) is 0.236. The van der Waals surface area contributed by atoms with Crippen molar-refractivity contribution in [3.63, 3.8) is 0 Å². The van der Waals surface area contributed by atoms with Crippen LogP contribution in [0.25, 0.3) is 0 Å². The van der Waals surface area contributed by atoms with Gasteiger partial charge in [-0.15, -0.1) is 22.0 Å². The summed E-state index contributed by atoms with van der Waals surface area (Å²) >= 11 is 1.33. The highest BCUT2D eigenvalue weighted by Crippen LogP contribution is 2.18. The molecule has 0 saturated carbocycles. The van der Waals surface area contributed by atoms with E-state index in [1.807, 2.05) is 0 Å². The van der Waals surface area contributed by atoms with Crippen LogP contribution >= 0.6 is 11.8 Å². The normalized spacial score (nSPS) is 12.1. The lowest BCUT2D eigenvalue weighted by Gasteiger charge is -2.09. The number of aromatic amines is 1. The molecule has 0 aliphatic heterocycles. The quantitative estimate of drug-likeness (QED) is 0.807. The van der Waals surface area contributed by atoms with E-state index in [-0.39, 0.29) is 23.5 Å². The molecule has 0 aliphatic carbocycles. The molecule has 2 N–H and O–H groups in total. The Labute approximate surface area is 113 Å². The molecule has 0 radical (unpaired) electrons. The fourth-order valence-electron chi connectivity index (χ4n) is 1.38. The molecular formula is C11H12FN5OS. The van der Waals surface area contributed by atoms with Crippen LogP contribution in [0.5, 0.6) is 0 Å². The van der Waals surface area contributed by atoms with Crippen LogP contribution in [-0.4, -0.2) is 32.3 Å². The number of rotatable bonds is 5. The summed E-state index contributed by atoms with van der Waals surface area (Å²) in [6.45, 7) is 1.77. The molecule has 0 fully saturated rings. The third kappa shape index (κ3) is 4.02. The Morgan fingerprint density at radius 1 is 1.47 bits per heavy atom. The molecule has 1 unspecified atom stereocenters. The molecule has 1 atom stereocenters. The van der Waals surface area contributed by atoms with Gasteiger partial charge in [0.1, 0.15) is 5.82 Å². The summed E-state index contributed by atoms with van der Waals surface area (Å²) in [5, 5.41) is 16.1. The van der Waals surface area contributed by atoms with E-state index in [2.05, 4.69) is 25.9 Å². The monoisotopic (exact) mass is 281 g/mol. The van der Waals surface area contributed by atoms with E-state index < -0.39 is 0 Å². The van der Waals surface area contributed by atoms with Gasteiger partial charge in [-0.2, -0.15) is 5.21 Å². The maximum Gasteiger partial charge on any atom is 0.230 e. The molecule has 19 heavy (non-hydrogen) atoms. The van der Waals surface area contributed by atoms with E-state index in [9.17, 15) is 9.18 Å². The SMILES string of the molecule is CC(NC(=O)CSc1ccc(F)cc1)c1nn[nH]n1. The second kappa shape index (κ2) is 6.28. The number of aromatic nitrogens is 4. The number of hydrogen-bond donors (Lipinski definition) is 2. The number of carbonyl (C=O) groups excluding carboxylic acids is 1. The van der Waals surface area contributed by atoms with Crippen molar-refractivity contribution in [2.45, 2.75) is 17.9 Å². The van der Waals surface area contributed by atoms with Crippen molar-refractivity contribution in [2.24, 2.45) is 0 Å². The van der Waals surface area contributed by atoms with Crippen LogP contribution in [0.3, 0.4) is 0 Å². The van der Waals surface area contributed by atoms with Crippen LogP contribution in [0.15, 0.2) is 29.2 Å². The summed E-state index contributed by atoms with van der Waals surface area (Å²) in [6, 6.07) is 5.69. The minimum absolute atomic E-state index is 0.147. The maximum atomic E-state index is 12.7. The van der Waals surface area contributed by atoms with Crippen molar-refractivity contribution in [3.8, 4) is 0 Å². The lowest BCUT2D eigenvalue weighted by atomic mass is 10.3. The molecule has 0 spiro atoms. The van der Waals surface area contributed by atoms with Gasteiger partial charge in [-0.1, -0.05) is 5.21 Å². The third-order valence-electron chi connectivity index (χ3n) is 2.31. The fraction of sp³-hybridized carbons (Fsp3) is 0.273. The molecule has 2 rings (SSSR count). The van der Waals surface area contributed by atoms with Crippen LogP contribution in [-0.2, 0) is 4.79 Å². The van der Waals surface area contributed by atoms with E-state index in [1.165, 1.54) is 23.9 Å². The minimum Gasteiger partial charge on any atom is -0.345 e. The second-order valence-electron chi connectivity index (χ2n) is 3.80. The Hall–Kier alpha value is -1.96. The minimum atomic E-state index is -0.305. The van der Waals surface area contributed by atoms with Gasteiger partial charge in [0.15, 0.2) is 5.82 Å². The molecule has 2 aromatic rings. The highest BCUT2D eigenvalue weighted by molar-refractivity contribution is 8.00. The molecule has 0 aliphatic rings. The predicted molar refractivity (Wildman–Crippen MR) is 67.9 cm³/mol. The van der Waals surface area contributed by atoms with Crippen molar-refractivity contribution in [1.29, 1.82) is 0 Å². The van der Waals surface area contributed by atoms with Crippen molar-refractivity contribution in [3.05, 3.63) is 35.9 Å². The van der Waals surface area contributed by atoms with Crippen molar-refractivity contribution >= 4 is 17.7 Å². The van der Waals surface area contributed by atoms with Gasteiger partial charge in [-0.3, -0.25) is 4.79 Å². The molecule has 1 aromatic heterocycles. The zero-order valence-electron chi connectivity index (χ0n) is 10.1. The lowest BCUT2D eigenvalue weighted by molar-refractivity contribution is -0.119. The highest BCUT2D eigenvalue weighted by atomic mass is 32.2. The maximum absolute atomic E-state index is 12.7. The highest BCUT2D eigenvalue weighted by Gasteiger charge is 2.13. The first kappa shape index (κ1) is 13.5. The Morgan fingerprint density at radius 2 is 2.21 bits per heavy atom. The summed E-state index contributed by atoms with van der Waals surface area (Å²) < 4.78 is 12.7. The largest absolute Gasteiger partial charge is 0.345 e. The van der Waals surface area contributed by atoms with Crippen LogP contribution in [0.4, 0.5) is 4.39 Å². The van der Waals surface area contributed by atoms with Crippen LogP contribution in [0.2, 0.25) is 0 Å². The molecule has 8 heteroatoms. The summed E-state index contributed by atoms with van der Waals surface area (Å²) in [7, 11) is 0. The number of amides is 1. The first-order chi connectivity index (χ1) is 9.15. The third-order valence-corrected chi connectivity index (χ3v) is 3.32. The van der Waals surface area contributed by atoms with Gasteiger partial charge in [0.2, 0.25) is 5.91 Å². The number of halogens is 1. The number of nitrogens with zero attached hydrogens (tertiary/aromatic N) is 3. The van der Waals surface area contributed by atoms with Gasteiger partial charge >= 0.3 is 0 Å². The van der Waals surface area contributed by atoms with E-state index in [0.717, 1.165) is 4.90 Å². The lowest BCUT2D eigenvalue weighted by Crippen LogP contribution is -2.28. The number of hydrogen-bond acceptors (Lipinski definition) is 5. The Morgan fingerprint density at radius 3 is 2.84 bits per heavy atom. The Balaban J connectivity index is 1.80. The van der Waals surface area contributed by atoms with Crippen molar-refractivity contribution in [1.82, 2.24) is 25.9 Å².